The molecule has 0 atom stereocenters. The van der Waals surface area contributed by atoms with Gasteiger partial charge in [-0.1, -0.05) is 35.9 Å². The molecule has 0 saturated heterocycles. The molecule has 4 heteroatoms. The highest BCUT2D eigenvalue weighted by molar-refractivity contribution is 6.33. The molecule has 0 bridgehead atoms. The van der Waals surface area contributed by atoms with Gasteiger partial charge in [0.15, 0.2) is 0 Å². The van der Waals surface area contributed by atoms with E-state index in [1.54, 1.807) is 24.3 Å². The molecule has 18 heavy (non-hydrogen) atoms. The first-order valence-corrected chi connectivity index (χ1v) is 5.70. The van der Waals surface area contributed by atoms with E-state index >= 15 is 0 Å². The average molecular weight is 265 g/mol. The van der Waals surface area contributed by atoms with Crippen LogP contribution in [0.5, 0.6) is 0 Å². The van der Waals surface area contributed by atoms with Gasteiger partial charge in [-0.2, -0.15) is 0 Å². The van der Waals surface area contributed by atoms with Gasteiger partial charge in [0.25, 0.3) is 0 Å². The molecule has 0 fully saturated rings. The molecule has 2 rings (SSSR count). The van der Waals surface area contributed by atoms with Gasteiger partial charge in [0, 0.05) is 5.56 Å². The standard InChI is InChI=1S/C14H10ClFO2/c15-13-8-11(16)4-5-12(13)10-3-1-2-9(6-10)7-14(17)18/h1-6,8H,7H2,(H,17,18). The number of aliphatic carboxylic acids is 1. The summed E-state index contributed by atoms with van der Waals surface area (Å²) in [6.07, 6.45) is -0.0490. The van der Waals surface area contributed by atoms with Crippen molar-refractivity contribution in [3.05, 3.63) is 58.9 Å². The second-order valence-electron chi connectivity index (χ2n) is 3.90. The van der Waals surface area contributed by atoms with Crippen LogP contribution in [-0.2, 0) is 11.2 Å². The lowest BCUT2D eigenvalue weighted by Crippen LogP contribution is -1.99. The molecule has 0 radical (unpaired) electrons. The molecule has 0 aliphatic carbocycles. The maximum absolute atomic E-state index is 13.0. The minimum Gasteiger partial charge on any atom is -0.481 e. The molecule has 0 heterocycles. The minimum absolute atomic E-state index is 0.0490. The molecular weight excluding hydrogens is 255 g/mol. The van der Waals surface area contributed by atoms with Crippen LogP contribution in [0.25, 0.3) is 11.1 Å². The van der Waals surface area contributed by atoms with Gasteiger partial charge >= 0.3 is 5.97 Å². The van der Waals surface area contributed by atoms with Crippen LogP contribution in [-0.4, -0.2) is 11.1 Å². The van der Waals surface area contributed by atoms with E-state index < -0.39 is 11.8 Å². The van der Waals surface area contributed by atoms with Crippen molar-refractivity contribution in [1.29, 1.82) is 0 Å². The predicted octanol–water partition coefficient (Wildman–Crippen LogP) is 3.77. The largest absolute Gasteiger partial charge is 0.481 e. The number of carbonyl (C=O) groups is 1. The van der Waals surface area contributed by atoms with Crippen LogP contribution in [0.3, 0.4) is 0 Å². The van der Waals surface area contributed by atoms with E-state index in [9.17, 15) is 9.18 Å². The first-order valence-electron chi connectivity index (χ1n) is 5.32. The first-order chi connectivity index (χ1) is 8.56. The third-order valence-electron chi connectivity index (χ3n) is 2.52. The Morgan fingerprint density at radius 3 is 2.67 bits per heavy atom. The van der Waals surface area contributed by atoms with Gasteiger partial charge < -0.3 is 5.11 Å². The van der Waals surface area contributed by atoms with E-state index in [0.717, 1.165) is 5.56 Å². The maximum Gasteiger partial charge on any atom is 0.307 e. The third kappa shape index (κ3) is 2.87. The van der Waals surface area contributed by atoms with Gasteiger partial charge in [-0.05, 0) is 29.3 Å². The molecule has 0 unspecified atom stereocenters. The lowest BCUT2D eigenvalue weighted by Gasteiger charge is -2.06. The van der Waals surface area contributed by atoms with Crippen molar-refractivity contribution >= 4 is 17.6 Å². The monoisotopic (exact) mass is 264 g/mol. The van der Waals surface area contributed by atoms with Gasteiger partial charge in [-0.25, -0.2) is 4.39 Å². The van der Waals surface area contributed by atoms with Crippen LogP contribution in [0.4, 0.5) is 4.39 Å². The molecule has 2 aromatic rings. The Balaban J connectivity index is 2.41. The van der Waals surface area contributed by atoms with Gasteiger partial charge in [-0.3, -0.25) is 4.79 Å². The average Bonchev–Trinajstić information content (AvgIpc) is 2.28. The Kier molecular flexibility index (Phi) is 3.63. The summed E-state index contributed by atoms with van der Waals surface area (Å²) in [6, 6.07) is 11.2. The molecule has 2 aromatic carbocycles. The summed E-state index contributed by atoms with van der Waals surface area (Å²) in [4.78, 5) is 10.7. The quantitative estimate of drug-likeness (QED) is 0.916. The summed E-state index contributed by atoms with van der Waals surface area (Å²) in [6.45, 7) is 0. The van der Waals surface area contributed by atoms with Crippen LogP contribution in [0.15, 0.2) is 42.5 Å². The van der Waals surface area contributed by atoms with Crippen molar-refractivity contribution in [2.24, 2.45) is 0 Å². The lowest BCUT2D eigenvalue weighted by molar-refractivity contribution is -0.136. The fraction of sp³-hybridized carbons (Fsp3) is 0.0714. The van der Waals surface area contributed by atoms with E-state index in [1.807, 2.05) is 6.07 Å². The van der Waals surface area contributed by atoms with E-state index in [1.165, 1.54) is 12.1 Å². The summed E-state index contributed by atoms with van der Waals surface area (Å²) in [5.41, 5.74) is 2.14. The summed E-state index contributed by atoms with van der Waals surface area (Å²) in [7, 11) is 0. The molecule has 1 N–H and O–H groups in total. The molecule has 92 valence electrons. The molecular formula is C14H10ClFO2. The van der Waals surface area contributed by atoms with Crippen LogP contribution < -0.4 is 0 Å². The fourth-order valence-corrected chi connectivity index (χ4v) is 2.02. The van der Waals surface area contributed by atoms with E-state index in [2.05, 4.69) is 0 Å². The van der Waals surface area contributed by atoms with Gasteiger partial charge in [0.05, 0.1) is 11.4 Å². The molecule has 2 nitrogen and oxygen atoms in total. The number of carboxylic acids is 1. The van der Waals surface area contributed by atoms with Crippen molar-refractivity contribution in [3.63, 3.8) is 0 Å². The second-order valence-corrected chi connectivity index (χ2v) is 4.30. The van der Waals surface area contributed by atoms with Crippen LogP contribution >= 0.6 is 11.6 Å². The predicted molar refractivity (Wildman–Crippen MR) is 68.2 cm³/mol. The summed E-state index contributed by atoms with van der Waals surface area (Å²) in [5.74, 6) is -1.29. The first kappa shape index (κ1) is 12.6. The zero-order valence-electron chi connectivity index (χ0n) is 9.36. The normalized spacial score (nSPS) is 10.3. The zero-order valence-corrected chi connectivity index (χ0v) is 10.1. The lowest BCUT2D eigenvalue weighted by atomic mass is 10.0. The number of hydrogen-bond donors (Lipinski definition) is 1. The Hall–Kier alpha value is -1.87. The van der Waals surface area contributed by atoms with Crippen molar-refractivity contribution in [1.82, 2.24) is 0 Å². The van der Waals surface area contributed by atoms with Crippen LogP contribution in [0.1, 0.15) is 5.56 Å². The van der Waals surface area contributed by atoms with Crippen LogP contribution in [0.2, 0.25) is 5.02 Å². The SMILES string of the molecule is O=C(O)Cc1cccc(-c2ccc(F)cc2Cl)c1. The van der Waals surface area contributed by atoms with Gasteiger partial charge in [-0.15, -0.1) is 0 Å². The molecule has 0 saturated carbocycles. The van der Waals surface area contributed by atoms with Gasteiger partial charge in [0.1, 0.15) is 5.82 Å². The zero-order chi connectivity index (χ0) is 13.1. The molecule has 0 aliphatic rings. The summed E-state index contributed by atoms with van der Waals surface area (Å²) >= 11 is 5.97. The van der Waals surface area contributed by atoms with Crippen molar-refractivity contribution in [3.8, 4) is 11.1 Å². The van der Waals surface area contributed by atoms with E-state index in [0.29, 0.717) is 16.1 Å². The molecule has 0 amide bonds. The Labute approximate surface area is 109 Å². The minimum atomic E-state index is -0.891. The highest BCUT2D eigenvalue weighted by Gasteiger charge is 2.07. The van der Waals surface area contributed by atoms with E-state index in [4.69, 9.17) is 16.7 Å². The fourth-order valence-electron chi connectivity index (χ4n) is 1.75. The Morgan fingerprint density at radius 1 is 1.22 bits per heavy atom. The number of rotatable bonds is 3. The molecule has 0 aromatic heterocycles. The Bertz CT molecular complexity index is 596. The number of carboxylic acid groups (broad SMARTS) is 1. The number of halogens is 2. The van der Waals surface area contributed by atoms with Crippen molar-refractivity contribution < 1.29 is 14.3 Å². The Morgan fingerprint density at radius 2 is 2.00 bits per heavy atom. The second kappa shape index (κ2) is 5.19. The third-order valence-corrected chi connectivity index (χ3v) is 2.84. The smallest absolute Gasteiger partial charge is 0.307 e. The summed E-state index contributed by atoms with van der Waals surface area (Å²) < 4.78 is 13.0. The number of benzene rings is 2. The highest BCUT2D eigenvalue weighted by Crippen LogP contribution is 2.29. The topological polar surface area (TPSA) is 37.3 Å². The van der Waals surface area contributed by atoms with Gasteiger partial charge in [0.2, 0.25) is 0 Å². The maximum atomic E-state index is 13.0. The van der Waals surface area contributed by atoms with Crippen molar-refractivity contribution in [2.75, 3.05) is 0 Å². The van der Waals surface area contributed by atoms with Crippen LogP contribution in [0, 0.1) is 5.82 Å². The molecule has 0 spiro atoms. The van der Waals surface area contributed by atoms with E-state index in [-0.39, 0.29) is 6.42 Å². The molecule has 0 aliphatic heterocycles. The highest BCUT2D eigenvalue weighted by atomic mass is 35.5. The number of hydrogen-bond acceptors (Lipinski definition) is 1. The van der Waals surface area contributed by atoms with Crippen molar-refractivity contribution in [2.45, 2.75) is 6.42 Å². The summed E-state index contributed by atoms with van der Waals surface area (Å²) in [5, 5.41) is 9.05.